The van der Waals surface area contributed by atoms with Crippen LogP contribution in [0.15, 0.2) is 42.5 Å². The van der Waals surface area contributed by atoms with Gasteiger partial charge in [-0.2, -0.15) is 0 Å². The molecular formula is C18H18F2N2O3. The second-order valence-electron chi connectivity index (χ2n) is 5.35. The van der Waals surface area contributed by atoms with Gasteiger partial charge in [-0.15, -0.1) is 0 Å². The Morgan fingerprint density at radius 3 is 2.56 bits per heavy atom. The van der Waals surface area contributed by atoms with Crippen molar-refractivity contribution in [1.29, 1.82) is 0 Å². The first-order valence-electron chi connectivity index (χ1n) is 7.58. The van der Waals surface area contributed by atoms with Gasteiger partial charge in [0.05, 0.1) is 24.9 Å². The average molecular weight is 348 g/mol. The fourth-order valence-corrected chi connectivity index (χ4v) is 2.28. The fourth-order valence-electron chi connectivity index (χ4n) is 2.28. The van der Waals surface area contributed by atoms with Gasteiger partial charge in [0.1, 0.15) is 11.6 Å². The van der Waals surface area contributed by atoms with Crippen LogP contribution < -0.4 is 10.6 Å². The number of nitrogens with one attached hydrogen (secondary N) is 2. The Kier molecular flexibility index (Phi) is 6.19. The van der Waals surface area contributed by atoms with Crippen molar-refractivity contribution in [3.05, 3.63) is 65.2 Å². The number of methoxy groups -OCH3 is 1. The number of halogens is 2. The van der Waals surface area contributed by atoms with Gasteiger partial charge < -0.3 is 15.4 Å². The Labute approximate surface area is 144 Å². The number of hydrogen-bond acceptors (Lipinski definition) is 4. The van der Waals surface area contributed by atoms with E-state index in [9.17, 15) is 18.4 Å². The summed E-state index contributed by atoms with van der Waals surface area (Å²) in [4.78, 5) is 23.7. The molecule has 2 N–H and O–H groups in total. The lowest BCUT2D eigenvalue weighted by molar-refractivity contribution is -0.115. The van der Waals surface area contributed by atoms with Crippen molar-refractivity contribution in [2.75, 3.05) is 19.0 Å². The molecule has 0 saturated heterocycles. The smallest absolute Gasteiger partial charge is 0.339 e. The van der Waals surface area contributed by atoms with Gasteiger partial charge >= 0.3 is 5.97 Å². The number of benzene rings is 2. The zero-order valence-electron chi connectivity index (χ0n) is 13.8. The summed E-state index contributed by atoms with van der Waals surface area (Å²) >= 11 is 0. The molecule has 0 aromatic heterocycles. The van der Waals surface area contributed by atoms with Crippen molar-refractivity contribution in [2.45, 2.75) is 13.0 Å². The van der Waals surface area contributed by atoms with E-state index in [0.717, 1.165) is 12.1 Å². The van der Waals surface area contributed by atoms with Crippen LogP contribution in [0.2, 0.25) is 0 Å². The van der Waals surface area contributed by atoms with E-state index >= 15 is 0 Å². The normalized spacial score (nSPS) is 11.7. The number of rotatable bonds is 6. The zero-order chi connectivity index (χ0) is 18.4. The topological polar surface area (TPSA) is 67.4 Å². The fraction of sp³-hybridized carbons (Fsp3) is 0.222. The van der Waals surface area contributed by atoms with Crippen LogP contribution in [0, 0.1) is 11.6 Å². The summed E-state index contributed by atoms with van der Waals surface area (Å²) in [6.07, 6.45) is 0. The lowest BCUT2D eigenvalue weighted by atomic mass is 10.1. The van der Waals surface area contributed by atoms with Gasteiger partial charge in [-0.05, 0) is 25.1 Å². The SMILES string of the molecule is COC(=O)c1ccccc1NC(=O)CN[C@H](C)c1ccc(F)cc1F. The number of amides is 1. The van der Waals surface area contributed by atoms with Crippen LogP contribution in [0.4, 0.5) is 14.5 Å². The Hall–Kier alpha value is -2.80. The largest absolute Gasteiger partial charge is 0.465 e. The highest BCUT2D eigenvalue weighted by Crippen LogP contribution is 2.18. The molecule has 0 radical (unpaired) electrons. The van der Waals surface area contributed by atoms with E-state index in [4.69, 9.17) is 0 Å². The second kappa shape index (κ2) is 8.34. The van der Waals surface area contributed by atoms with E-state index in [1.807, 2.05) is 0 Å². The van der Waals surface area contributed by atoms with E-state index in [1.165, 1.54) is 19.2 Å². The van der Waals surface area contributed by atoms with E-state index in [1.54, 1.807) is 25.1 Å². The second-order valence-corrected chi connectivity index (χ2v) is 5.35. The van der Waals surface area contributed by atoms with E-state index in [2.05, 4.69) is 15.4 Å². The molecule has 2 aromatic rings. The van der Waals surface area contributed by atoms with Gasteiger partial charge in [-0.25, -0.2) is 13.6 Å². The highest BCUT2D eigenvalue weighted by atomic mass is 19.1. The van der Waals surface area contributed by atoms with E-state index < -0.39 is 29.6 Å². The predicted octanol–water partition coefficient (Wildman–Crippen LogP) is 3.04. The number of ether oxygens (including phenoxy) is 1. The van der Waals surface area contributed by atoms with Gasteiger partial charge in [0.25, 0.3) is 0 Å². The maximum absolute atomic E-state index is 13.7. The van der Waals surface area contributed by atoms with Crippen LogP contribution in [0.3, 0.4) is 0 Å². The standard InChI is InChI=1S/C18H18F2N2O3/c1-11(13-8-7-12(19)9-15(13)20)21-10-17(23)22-16-6-4-3-5-14(16)18(24)25-2/h3-9,11,21H,10H2,1-2H3,(H,22,23)/t11-/m1/s1. The van der Waals surface area contributed by atoms with Gasteiger partial charge in [-0.1, -0.05) is 18.2 Å². The van der Waals surface area contributed by atoms with Crippen molar-refractivity contribution >= 4 is 17.6 Å². The maximum Gasteiger partial charge on any atom is 0.339 e. The van der Waals surface area contributed by atoms with Gasteiger partial charge in [-0.3, -0.25) is 4.79 Å². The Balaban J connectivity index is 1.98. The van der Waals surface area contributed by atoms with Crippen LogP contribution >= 0.6 is 0 Å². The predicted molar refractivity (Wildman–Crippen MR) is 89.2 cm³/mol. The van der Waals surface area contributed by atoms with Gasteiger partial charge in [0, 0.05) is 17.7 Å². The van der Waals surface area contributed by atoms with Crippen molar-refractivity contribution < 1.29 is 23.1 Å². The molecule has 25 heavy (non-hydrogen) atoms. The van der Waals surface area contributed by atoms with Crippen LogP contribution in [-0.4, -0.2) is 25.5 Å². The summed E-state index contributed by atoms with van der Waals surface area (Å²) in [7, 11) is 1.25. The van der Waals surface area contributed by atoms with Crippen molar-refractivity contribution in [3.63, 3.8) is 0 Å². The molecule has 0 fully saturated rings. The number of anilines is 1. The lowest BCUT2D eigenvalue weighted by Gasteiger charge is -2.15. The van der Waals surface area contributed by atoms with Crippen molar-refractivity contribution in [2.24, 2.45) is 0 Å². The molecule has 1 atom stereocenters. The number of esters is 1. The van der Waals surface area contributed by atoms with Crippen LogP contribution in [0.25, 0.3) is 0 Å². The molecule has 0 saturated carbocycles. The van der Waals surface area contributed by atoms with Crippen LogP contribution in [0.5, 0.6) is 0 Å². The first-order chi connectivity index (χ1) is 11.9. The van der Waals surface area contributed by atoms with E-state index in [-0.39, 0.29) is 17.7 Å². The summed E-state index contributed by atoms with van der Waals surface area (Å²) in [5.74, 6) is -2.32. The molecule has 0 aliphatic carbocycles. The monoisotopic (exact) mass is 348 g/mol. The van der Waals surface area contributed by atoms with Crippen molar-refractivity contribution in [1.82, 2.24) is 5.32 Å². The highest BCUT2D eigenvalue weighted by Gasteiger charge is 2.15. The first-order valence-corrected chi connectivity index (χ1v) is 7.58. The minimum Gasteiger partial charge on any atom is -0.465 e. The Morgan fingerprint density at radius 2 is 1.88 bits per heavy atom. The molecule has 1 amide bonds. The number of para-hydroxylation sites is 1. The minimum absolute atomic E-state index is 0.118. The third-order valence-corrected chi connectivity index (χ3v) is 3.60. The molecule has 0 aliphatic rings. The Bertz CT molecular complexity index is 781. The lowest BCUT2D eigenvalue weighted by Crippen LogP contribution is -2.31. The third-order valence-electron chi connectivity index (χ3n) is 3.60. The van der Waals surface area contributed by atoms with Crippen molar-refractivity contribution in [3.8, 4) is 0 Å². The zero-order valence-corrected chi connectivity index (χ0v) is 13.8. The van der Waals surface area contributed by atoms with Gasteiger partial charge in [0.15, 0.2) is 0 Å². The number of carbonyl (C=O) groups excluding carboxylic acids is 2. The number of hydrogen-bond donors (Lipinski definition) is 2. The minimum atomic E-state index is -0.684. The molecule has 0 aliphatic heterocycles. The average Bonchev–Trinajstić information content (AvgIpc) is 2.59. The summed E-state index contributed by atoms with van der Waals surface area (Å²) in [6.45, 7) is 1.54. The van der Waals surface area contributed by atoms with Crippen LogP contribution in [0.1, 0.15) is 28.9 Å². The molecule has 2 rings (SSSR count). The molecule has 0 heterocycles. The molecule has 132 valence electrons. The highest BCUT2D eigenvalue weighted by molar-refractivity contribution is 6.01. The van der Waals surface area contributed by atoms with Gasteiger partial charge in [0.2, 0.25) is 5.91 Å². The number of carbonyl (C=O) groups is 2. The molecular weight excluding hydrogens is 330 g/mol. The summed E-state index contributed by atoms with van der Waals surface area (Å²) < 4.78 is 31.3. The first kappa shape index (κ1) is 18.5. The molecule has 5 nitrogen and oxygen atoms in total. The molecule has 0 bridgehead atoms. The summed E-state index contributed by atoms with van der Waals surface area (Å²) in [6, 6.07) is 9.21. The third kappa shape index (κ3) is 4.84. The maximum atomic E-state index is 13.7. The quantitative estimate of drug-likeness (QED) is 0.788. The summed E-state index contributed by atoms with van der Waals surface area (Å²) in [5.41, 5.74) is 0.807. The van der Waals surface area contributed by atoms with Crippen LogP contribution in [-0.2, 0) is 9.53 Å². The molecule has 2 aromatic carbocycles. The van der Waals surface area contributed by atoms with E-state index in [0.29, 0.717) is 5.69 Å². The Morgan fingerprint density at radius 1 is 1.16 bits per heavy atom. The molecule has 7 heteroatoms. The molecule has 0 unspecified atom stereocenters. The molecule has 0 spiro atoms. The summed E-state index contributed by atoms with van der Waals surface area (Å²) in [5, 5.41) is 5.45.